The fourth-order valence-electron chi connectivity index (χ4n) is 0.797. The first-order chi connectivity index (χ1) is 4.20. The van der Waals surface area contributed by atoms with Crippen molar-refractivity contribution >= 4 is 0 Å². The lowest BCUT2D eigenvalue weighted by Gasteiger charge is -2.08. The Hall–Kier alpha value is -0.920. The second-order valence-corrected chi connectivity index (χ2v) is 2.30. The van der Waals surface area contributed by atoms with Crippen molar-refractivity contribution in [3.63, 3.8) is 0 Å². The molecule has 1 aliphatic rings. The third-order valence-electron chi connectivity index (χ3n) is 1.50. The van der Waals surface area contributed by atoms with E-state index >= 15 is 0 Å². The van der Waals surface area contributed by atoms with E-state index in [1.807, 2.05) is 6.92 Å². The van der Waals surface area contributed by atoms with E-state index in [1.54, 1.807) is 0 Å². The maximum absolute atomic E-state index is 8.99. The quantitative estimate of drug-likeness (QED) is 0.521. The van der Waals surface area contributed by atoms with Crippen LogP contribution in [0.5, 0.6) is 0 Å². The second-order valence-electron chi connectivity index (χ2n) is 2.30. The summed E-state index contributed by atoms with van der Waals surface area (Å²) in [4.78, 5) is 0. The van der Waals surface area contributed by atoms with Gasteiger partial charge in [-0.3, -0.25) is 0 Å². The zero-order valence-corrected chi connectivity index (χ0v) is 5.39. The first kappa shape index (κ1) is 6.20. The highest BCUT2D eigenvalue weighted by Crippen LogP contribution is 2.19. The van der Waals surface area contributed by atoms with E-state index in [9.17, 15) is 0 Å². The van der Waals surface area contributed by atoms with Gasteiger partial charge in [0.25, 0.3) is 0 Å². The number of rotatable bonds is 0. The number of hydrogen-bond acceptors (Lipinski definition) is 2. The molecule has 0 amide bonds. The van der Waals surface area contributed by atoms with Crippen LogP contribution in [-0.4, -0.2) is 10.2 Å². The molecule has 0 saturated carbocycles. The van der Waals surface area contributed by atoms with Gasteiger partial charge in [-0.1, -0.05) is 0 Å². The smallest absolute Gasteiger partial charge is 0.117 e. The Morgan fingerprint density at radius 2 is 2.00 bits per heavy atom. The third kappa shape index (κ3) is 1.25. The van der Waals surface area contributed by atoms with Crippen LogP contribution in [0.3, 0.4) is 0 Å². The first-order valence-electron chi connectivity index (χ1n) is 2.98. The largest absolute Gasteiger partial charge is 0.512 e. The molecular weight excluding hydrogens is 116 g/mol. The summed E-state index contributed by atoms with van der Waals surface area (Å²) < 4.78 is 0. The molecule has 0 radical (unpaired) electrons. The monoisotopic (exact) mass is 126 g/mol. The number of hydrogen-bond donors (Lipinski definition) is 2. The molecule has 0 unspecified atom stereocenters. The van der Waals surface area contributed by atoms with Gasteiger partial charge in [0, 0.05) is 12.5 Å². The van der Waals surface area contributed by atoms with Crippen LogP contribution in [0.4, 0.5) is 0 Å². The summed E-state index contributed by atoms with van der Waals surface area (Å²) in [5.41, 5.74) is 0.952. The van der Waals surface area contributed by atoms with E-state index in [2.05, 4.69) is 0 Å². The normalized spacial score (nSPS) is 19.9. The molecule has 0 aromatic carbocycles. The number of aliphatic hydroxyl groups is 2. The molecule has 0 bridgehead atoms. The van der Waals surface area contributed by atoms with E-state index in [4.69, 9.17) is 10.2 Å². The molecule has 0 aromatic rings. The lowest BCUT2D eigenvalue weighted by atomic mass is 10.0. The Kier molecular flexibility index (Phi) is 1.47. The predicted molar refractivity (Wildman–Crippen MR) is 35.3 cm³/mol. The van der Waals surface area contributed by atoms with Crippen molar-refractivity contribution in [1.29, 1.82) is 0 Å². The van der Waals surface area contributed by atoms with Gasteiger partial charge in [-0.25, -0.2) is 0 Å². The Morgan fingerprint density at radius 1 is 1.33 bits per heavy atom. The van der Waals surface area contributed by atoms with Gasteiger partial charge in [-0.2, -0.15) is 0 Å². The Labute approximate surface area is 54.1 Å². The van der Waals surface area contributed by atoms with Crippen molar-refractivity contribution < 1.29 is 10.2 Å². The van der Waals surface area contributed by atoms with E-state index in [-0.39, 0.29) is 11.5 Å². The van der Waals surface area contributed by atoms with Crippen molar-refractivity contribution in [3.8, 4) is 0 Å². The molecule has 50 valence electrons. The molecule has 2 heteroatoms. The minimum atomic E-state index is 0.221. The van der Waals surface area contributed by atoms with Gasteiger partial charge >= 0.3 is 0 Å². The fourth-order valence-corrected chi connectivity index (χ4v) is 0.797. The summed E-state index contributed by atoms with van der Waals surface area (Å²) in [7, 11) is 0. The molecule has 0 heterocycles. The van der Waals surface area contributed by atoms with Crippen LogP contribution in [0.2, 0.25) is 0 Å². The molecule has 1 rings (SSSR count). The van der Waals surface area contributed by atoms with Gasteiger partial charge in [0.1, 0.15) is 5.76 Å². The lowest BCUT2D eigenvalue weighted by molar-refractivity contribution is 0.358. The van der Waals surface area contributed by atoms with E-state index in [1.165, 1.54) is 6.08 Å². The average Bonchev–Trinajstić information content (AvgIpc) is 1.80. The maximum atomic E-state index is 8.99. The summed E-state index contributed by atoms with van der Waals surface area (Å²) in [6.45, 7) is 1.86. The van der Waals surface area contributed by atoms with Gasteiger partial charge in [0.05, 0.1) is 5.76 Å². The summed E-state index contributed by atoms with van der Waals surface area (Å²) in [5, 5.41) is 17.9. The summed E-state index contributed by atoms with van der Waals surface area (Å²) >= 11 is 0. The molecule has 2 N–H and O–H groups in total. The second kappa shape index (κ2) is 2.13. The maximum Gasteiger partial charge on any atom is 0.117 e. The molecule has 0 aromatic heterocycles. The van der Waals surface area contributed by atoms with Crippen molar-refractivity contribution in [2.45, 2.75) is 19.8 Å². The minimum absolute atomic E-state index is 0.221. The van der Waals surface area contributed by atoms with Crippen LogP contribution in [0, 0.1) is 0 Å². The molecule has 0 fully saturated rings. The van der Waals surface area contributed by atoms with E-state index in [0.717, 1.165) is 12.0 Å². The van der Waals surface area contributed by atoms with Crippen LogP contribution < -0.4 is 0 Å². The Morgan fingerprint density at radius 3 is 2.44 bits per heavy atom. The van der Waals surface area contributed by atoms with Gasteiger partial charge < -0.3 is 10.2 Å². The summed E-state index contributed by atoms with van der Waals surface area (Å²) in [6.07, 6.45) is 2.84. The van der Waals surface area contributed by atoms with Crippen molar-refractivity contribution in [1.82, 2.24) is 0 Å². The van der Waals surface area contributed by atoms with Gasteiger partial charge in [0.15, 0.2) is 0 Å². The standard InChI is InChI=1S/C7H10O2/c1-5-2-3-6(8)4-7(5)9/h4,8-9H,2-3H2,1H3. The van der Waals surface area contributed by atoms with E-state index in [0.29, 0.717) is 6.42 Å². The van der Waals surface area contributed by atoms with Gasteiger partial charge in [0.2, 0.25) is 0 Å². The highest BCUT2D eigenvalue weighted by molar-refractivity contribution is 5.24. The number of aliphatic hydroxyl groups excluding tert-OH is 2. The molecular formula is C7H10O2. The van der Waals surface area contributed by atoms with Crippen LogP contribution in [0.25, 0.3) is 0 Å². The van der Waals surface area contributed by atoms with Crippen molar-refractivity contribution in [2.24, 2.45) is 0 Å². The molecule has 9 heavy (non-hydrogen) atoms. The molecule has 2 nitrogen and oxygen atoms in total. The Bertz CT molecular complexity index is 177. The lowest BCUT2D eigenvalue weighted by Crippen LogP contribution is -1.95. The van der Waals surface area contributed by atoms with Gasteiger partial charge in [-0.15, -0.1) is 0 Å². The Balaban J connectivity index is 2.83. The highest BCUT2D eigenvalue weighted by Gasteiger charge is 2.06. The molecule has 0 atom stereocenters. The van der Waals surface area contributed by atoms with E-state index < -0.39 is 0 Å². The molecule has 0 saturated heterocycles. The molecule has 0 aliphatic heterocycles. The zero-order valence-electron chi connectivity index (χ0n) is 5.39. The van der Waals surface area contributed by atoms with Crippen molar-refractivity contribution in [3.05, 3.63) is 23.2 Å². The summed E-state index contributed by atoms with van der Waals surface area (Å²) in [5.74, 6) is 0.497. The van der Waals surface area contributed by atoms with Crippen LogP contribution in [0.15, 0.2) is 23.2 Å². The van der Waals surface area contributed by atoms with Gasteiger partial charge in [-0.05, 0) is 18.9 Å². The first-order valence-corrected chi connectivity index (χ1v) is 2.98. The van der Waals surface area contributed by atoms with Crippen molar-refractivity contribution in [2.75, 3.05) is 0 Å². The fraction of sp³-hybridized carbons (Fsp3) is 0.429. The van der Waals surface area contributed by atoms with Crippen LogP contribution in [0.1, 0.15) is 19.8 Å². The minimum Gasteiger partial charge on any atom is -0.512 e. The topological polar surface area (TPSA) is 40.5 Å². The van der Waals surface area contributed by atoms with Crippen LogP contribution >= 0.6 is 0 Å². The highest BCUT2D eigenvalue weighted by atomic mass is 16.3. The predicted octanol–water partition coefficient (Wildman–Crippen LogP) is 2.05. The number of allylic oxidation sites excluding steroid dienone is 3. The molecule has 1 aliphatic carbocycles. The molecule has 0 spiro atoms. The van der Waals surface area contributed by atoms with Crippen LogP contribution in [-0.2, 0) is 0 Å². The SMILES string of the molecule is CC1=C(O)C=C(O)CC1. The zero-order chi connectivity index (χ0) is 6.85. The third-order valence-corrected chi connectivity index (χ3v) is 1.50. The average molecular weight is 126 g/mol. The summed E-state index contributed by atoms with van der Waals surface area (Å²) in [6, 6.07) is 0.